The zero-order valence-corrected chi connectivity index (χ0v) is 9.69. The van der Waals surface area contributed by atoms with Crippen LogP contribution in [0.3, 0.4) is 0 Å². The van der Waals surface area contributed by atoms with Gasteiger partial charge in [0, 0.05) is 30.9 Å². The normalized spacial score (nSPS) is 18.1. The highest BCUT2D eigenvalue weighted by Gasteiger charge is 2.28. The predicted octanol–water partition coefficient (Wildman–Crippen LogP) is 0.745. The van der Waals surface area contributed by atoms with Crippen molar-refractivity contribution in [1.82, 2.24) is 10.2 Å². The molecule has 0 aromatic rings. The fourth-order valence-corrected chi connectivity index (χ4v) is 1.42. The van der Waals surface area contributed by atoms with Gasteiger partial charge < -0.3 is 10.1 Å². The summed E-state index contributed by atoms with van der Waals surface area (Å²) in [5, 5.41) is 3.09. The summed E-state index contributed by atoms with van der Waals surface area (Å²) in [6.07, 6.45) is 5.67. The number of methoxy groups -OCH3 is 1. The number of hydrogen-bond donors (Lipinski definition) is 1. The van der Waals surface area contributed by atoms with E-state index in [1.165, 1.54) is 26.0 Å². The van der Waals surface area contributed by atoms with Gasteiger partial charge in [-0.3, -0.25) is 4.90 Å². The van der Waals surface area contributed by atoms with E-state index in [0.29, 0.717) is 6.04 Å². The summed E-state index contributed by atoms with van der Waals surface area (Å²) in [5.74, 6) is -0.328. The molecule has 0 heterocycles. The van der Waals surface area contributed by atoms with Crippen molar-refractivity contribution in [3.8, 4) is 0 Å². The van der Waals surface area contributed by atoms with E-state index in [9.17, 15) is 4.79 Å². The van der Waals surface area contributed by atoms with Crippen molar-refractivity contribution < 1.29 is 9.53 Å². The van der Waals surface area contributed by atoms with E-state index in [4.69, 9.17) is 0 Å². The molecule has 0 bridgehead atoms. The Labute approximate surface area is 91.3 Å². The zero-order chi connectivity index (χ0) is 11.3. The van der Waals surface area contributed by atoms with Gasteiger partial charge in [-0.25, -0.2) is 4.79 Å². The Morgan fingerprint density at radius 3 is 2.87 bits per heavy atom. The van der Waals surface area contributed by atoms with Crippen LogP contribution in [0, 0.1) is 0 Å². The summed E-state index contributed by atoms with van der Waals surface area (Å²) >= 11 is 0. The maximum atomic E-state index is 10.7. The van der Waals surface area contributed by atoms with Crippen molar-refractivity contribution >= 4 is 5.97 Å². The van der Waals surface area contributed by atoms with E-state index in [1.807, 2.05) is 0 Å². The fraction of sp³-hybridized carbons (Fsp3) is 0.727. The first-order valence-electron chi connectivity index (χ1n) is 5.35. The molecule has 4 nitrogen and oxygen atoms in total. The summed E-state index contributed by atoms with van der Waals surface area (Å²) in [6, 6.07) is 1.26. The molecule has 4 heteroatoms. The highest BCUT2D eigenvalue weighted by molar-refractivity contribution is 5.81. The van der Waals surface area contributed by atoms with E-state index in [0.717, 1.165) is 12.6 Å². The quantitative estimate of drug-likeness (QED) is 0.521. The Morgan fingerprint density at radius 2 is 2.33 bits per heavy atom. The average Bonchev–Trinajstić information content (AvgIpc) is 3.06. The van der Waals surface area contributed by atoms with E-state index in [-0.39, 0.29) is 5.97 Å². The standard InChI is InChI=1S/C11H20N2O2/c1-9(13(2)10-4-5-10)8-12-7-6-11(14)15-3/h6-7,9-10,12H,4-5,8H2,1-3H3/b7-6+. The molecule has 1 fully saturated rings. The second-order valence-corrected chi connectivity index (χ2v) is 4.01. The number of hydrogen-bond acceptors (Lipinski definition) is 4. The van der Waals surface area contributed by atoms with E-state index >= 15 is 0 Å². The van der Waals surface area contributed by atoms with E-state index in [1.54, 1.807) is 6.20 Å². The lowest BCUT2D eigenvalue weighted by molar-refractivity contribution is -0.134. The molecule has 0 aliphatic heterocycles. The molecule has 0 amide bonds. The van der Waals surface area contributed by atoms with Crippen molar-refractivity contribution in [2.24, 2.45) is 0 Å². The molecule has 1 aliphatic rings. The molecule has 15 heavy (non-hydrogen) atoms. The molecule has 1 N–H and O–H groups in total. The third-order valence-corrected chi connectivity index (χ3v) is 2.77. The highest BCUT2D eigenvalue weighted by Crippen LogP contribution is 2.26. The van der Waals surface area contributed by atoms with Gasteiger partial charge in [0.2, 0.25) is 0 Å². The monoisotopic (exact) mass is 212 g/mol. The first kappa shape index (κ1) is 12.0. The summed E-state index contributed by atoms with van der Waals surface area (Å²) in [4.78, 5) is 13.1. The molecule has 1 unspecified atom stereocenters. The van der Waals surface area contributed by atoms with Crippen LogP contribution in [0.2, 0.25) is 0 Å². The summed E-state index contributed by atoms with van der Waals surface area (Å²) in [5.41, 5.74) is 0. The van der Waals surface area contributed by atoms with Crippen LogP contribution in [-0.4, -0.2) is 43.7 Å². The van der Waals surface area contributed by atoms with Gasteiger partial charge in [0.15, 0.2) is 0 Å². The zero-order valence-electron chi connectivity index (χ0n) is 9.69. The van der Waals surface area contributed by atoms with Crippen LogP contribution in [-0.2, 0) is 9.53 Å². The molecule has 86 valence electrons. The number of esters is 1. The van der Waals surface area contributed by atoms with Gasteiger partial charge >= 0.3 is 5.97 Å². The Balaban J connectivity index is 2.13. The second-order valence-electron chi connectivity index (χ2n) is 4.01. The number of nitrogens with zero attached hydrogens (tertiary/aromatic N) is 1. The SMILES string of the molecule is COC(=O)/C=C/NCC(C)N(C)C1CC1. The molecular weight excluding hydrogens is 192 g/mol. The van der Waals surface area contributed by atoms with Gasteiger partial charge in [-0.2, -0.15) is 0 Å². The van der Waals surface area contributed by atoms with Crippen LogP contribution in [0.15, 0.2) is 12.3 Å². The lowest BCUT2D eigenvalue weighted by atomic mass is 10.3. The first-order chi connectivity index (χ1) is 7.15. The van der Waals surface area contributed by atoms with Gasteiger partial charge in [-0.05, 0) is 26.8 Å². The van der Waals surface area contributed by atoms with Crippen molar-refractivity contribution in [3.63, 3.8) is 0 Å². The molecular formula is C11H20N2O2. The van der Waals surface area contributed by atoms with Gasteiger partial charge in [-0.1, -0.05) is 0 Å². The van der Waals surface area contributed by atoms with Crippen LogP contribution in [0.5, 0.6) is 0 Å². The van der Waals surface area contributed by atoms with Crippen molar-refractivity contribution in [1.29, 1.82) is 0 Å². The van der Waals surface area contributed by atoms with Crippen molar-refractivity contribution in [3.05, 3.63) is 12.3 Å². The molecule has 0 spiro atoms. The molecule has 1 aliphatic carbocycles. The minimum atomic E-state index is -0.328. The molecule has 1 rings (SSSR count). The minimum Gasteiger partial charge on any atom is -0.466 e. The number of carbonyl (C=O) groups excluding carboxylic acids is 1. The maximum absolute atomic E-state index is 10.7. The Hall–Kier alpha value is -1.03. The first-order valence-corrected chi connectivity index (χ1v) is 5.35. The number of likely N-dealkylation sites (N-methyl/N-ethyl adjacent to an activating group) is 1. The Kier molecular flexibility index (Phi) is 4.62. The van der Waals surface area contributed by atoms with Crippen LogP contribution in [0.1, 0.15) is 19.8 Å². The largest absolute Gasteiger partial charge is 0.466 e. The summed E-state index contributed by atoms with van der Waals surface area (Å²) in [7, 11) is 3.52. The summed E-state index contributed by atoms with van der Waals surface area (Å²) in [6.45, 7) is 3.03. The molecule has 1 atom stereocenters. The lowest BCUT2D eigenvalue weighted by Crippen LogP contribution is -2.37. The van der Waals surface area contributed by atoms with Gasteiger partial charge in [-0.15, -0.1) is 0 Å². The molecule has 0 saturated heterocycles. The molecule has 0 radical (unpaired) electrons. The van der Waals surface area contributed by atoms with Crippen LogP contribution >= 0.6 is 0 Å². The van der Waals surface area contributed by atoms with Crippen molar-refractivity contribution in [2.75, 3.05) is 20.7 Å². The third-order valence-electron chi connectivity index (χ3n) is 2.77. The third kappa shape index (κ3) is 4.34. The van der Waals surface area contributed by atoms with Crippen LogP contribution in [0.25, 0.3) is 0 Å². The lowest BCUT2D eigenvalue weighted by Gasteiger charge is -2.24. The Bertz CT molecular complexity index is 237. The average molecular weight is 212 g/mol. The van der Waals surface area contributed by atoms with Crippen molar-refractivity contribution in [2.45, 2.75) is 31.8 Å². The van der Waals surface area contributed by atoms with Gasteiger partial charge in [0.25, 0.3) is 0 Å². The highest BCUT2D eigenvalue weighted by atomic mass is 16.5. The van der Waals surface area contributed by atoms with E-state index in [2.05, 4.69) is 28.9 Å². The number of nitrogens with one attached hydrogen (secondary N) is 1. The minimum absolute atomic E-state index is 0.328. The van der Waals surface area contributed by atoms with Gasteiger partial charge in [0.05, 0.1) is 7.11 Å². The molecule has 1 saturated carbocycles. The number of rotatable bonds is 6. The predicted molar refractivity (Wildman–Crippen MR) is 59.4 cm³/mol. The van der Waals surface area contributed by atoms with Gasteiger partial charge in [0.1, 0.15) is 0 Å². The number of carbonyl (C=O) groups is 1. The number of ether oxygens (including phenoxy) is 1. The molecule has 0 aromatic heterocycles. The Morgan fingerprint density at radius 1 is 1.67 bits per heavy atom. The summed E-state index contributed by atoms with van der Waals surface area (Å²) < 4.78 is 4.48. The second kappa shape index (κ2) is 5.75. The topological polar surface area (TPSA) is 41.6 Å². The van der Waals surface area contributed by atoms with Crippen LogP contribution in [0.4, 0.5) is 0 Å². The fourth-order valence-electron chi connectivity index (χ4n) is 1.42. The maximum Gasteiger partial charge on any atom is 0.331 e. The molecule has 0 aromatic carbocycles. The van der Waals surface area contributed by atoms with E-state index < -0.39 is 0 Å². The smallest absolute Gasteiger partial charge is 0.331 e. The van der Waals surface area contributed by atoms with Crippen LogP contribution < -0.4 is 5.32 Å².